The van der Waals surface area contributed by atoms with Crippen molar-refractivity contribution in [2.24, 2.45) is 0 Å². The van der Waals surface area contributed by atoms with Gasteiger partial charge < -0.3 is 10.1 Å². The highest BCUT2D eigenvalue weighted by molar-refractivity contribution is 9.10. The Hall–Kier alpha value is -0.380. The van der Waals surface area contributed by atoms with Crippen LogP contribution in [0.25, 0.3) is 0 Å². The van der Waals surface area contributed by atoms with Crippen LogP contribution < -0.4 is 5.32 Å². The Morgan fingerprint density at radius 3 is 2.67 bits per heavy atom. The number of hydrogen-bond donors (Lipinski definition) is 1. The molecule has 0 aliphatic rings. The zero-order valence-corrected chi connectivity index (χ0v) is 13.0. The normalized spacial score (nSPS) is 12.6. The molecule has 0 saturated carbocycles. The van der Waals surface area contributed by atoms with Crippen molar-refractivity contribution in [3.63, 3.8) is 0 Å². The lowest BCUT2D eigenvalue weighted by Crippen LogP contribution is -2.29. The number of rotatable bonds is 9. The third kappa shape index (κ3) is 5.98. The summed E-state index contributed by atoms with van der Waals surface area (Å²) in [5.41, 5.74) is 1.22. The van der Waals surface area contributed by atoms with Gasteiger partial charge in [-0.15, -0.1) is 0 Å². The minimum atomic E-state index is 0.314. The van der Waals surface area contributed by atoms with E-state index in [-0.39, 0.29) is 0 Å². The molecule has 0 radical (unpaired) electrons. The van der Waals surface area contributed by atoms with Crippen LogP contribution in [0.2, 0.25) is 0 Å². The molecule has 0 aliphatic carbocycles. The molecule has 1 aromatic rings. The van der Waals surface area contributed by atoms with Crippen LogP contribution in [0.1, 0.15) is 38.7 Å². The smallest absolute Gasteiger partial charge is 0.0732 e. The van der Waals surface area contributed by atoms with Gasteiger partial charge in [0.2, 0.25) is 0 Å². The highest BCUT2D eigenvalue weighted by Crippen LogP contribution is 2.17. The maximum atomic E-state index is 6.00. The van der Waals surface area contributed by atoms with Gasteiger partial charge in [-0.3, -0.25) is 0 Å². The summed E-state index contributed by atoms with van der Waals surface area (Å²) in [7, 11) is 0. The van der Waals surface area contributed by atoms with E-state index in [0.29, 0.717) is 12.7 Å². The van der Waals surface area contributed by atoms with Crippen molar-refractivity contribution in [1.82, 2.24) is 5.32 Å². The topological polar surface area (TPSA) is 21.3 Å². The molecular formula is C15H24BrNO. The quantitative estimate of drug-likeness (QED) is 0.692. The molecule has 0 fully saturated rings. The van der Waals surface area contributed by atoms with Crippen molar-refractivity contribution in [1.29, 1.82) is 0 Å². The van der Waals surface area contributed by atoms with Crippen molar-refractivity contribution in [3.05, 3.63) is 34.3 Å². The first-order valence-electron chi connectivity index (χ1n) is 6.83. The molecule has 1 aromatic carbocycles. The van der Waals surface area contributed by atoms with Gasteiger partial charge in [0.05, 0.1) is 12.7 Å². The second-order valence-corrected chi connectivity index (χ2v) is 5.37. The van der Waals surface area contributed by atoms with E-state index in [1.165, 1.54) is 12.0 Å². The fraction of sp³-hybridized carbons (Fsp3) is 0.600. The molecule has 0 amide bonds. The van der Waals surface area contributed by atoms with Crippen LogP contribution in [-0.2, 0) is 11.3 Å². The average Bonchev–Trinajstić information content (AvgIpc) is 2.38. The molecule has 3 heteroatoms. The zero-order valence-electron chi connectivity index (χ0n) is 11.4. The van der Waals surface area contributed by atoms with Gasteiger partial charge in [-0.2, -0.15) is 0 Å². The third-order valence-corrected chi connectivity index (χ3v) is 3.62. The van der Waals surface area contributed by atoms with Crippen LogP contribution in [0.3, 0.4) is 0 Å². The first-order valence-corrected chi connectivity index (χ1v) is 7.63. The molecule has 102 valence electrons. The molecule has 0 heterocycles. The molecule has 1 rings (SSSR count). The van der Waals surface area contributed by atoms with Crippen molar-refractivity contribution in [2.75, 3.05) is 13.1 Å². The van der Waals surface area contributed by atoms with E-state index >= 15 is 0 Å². The molecule has 0 aliphatic heterocycles. The summed E-state index contributed by atoms with van der Waals surface area (Å²) in [4.78, 5) is 0. The summed E-state index contributed by atoms with van der Waals surface area (Å²) in [5, 5.41) is 3.43. The number of benzene rings is 1. The molecule has 18 heavy (non-hydrogen) atoms. The van der Waals surface area contributed by atoms with Crippen LogP contribution in [0.5, 0.6) is 0 Å². The molecule has 0 saturated heterocycles. The lowest BCUT2D eigenvalue weighted by molar-refractivity contribution is 0.0346. The largest absolute Gasteiger partial charge is 0.372 e. The number of halogens is 1. The summed E-state index contributed by atoms with van der Waals surface area (Å²) < 4.78 is 7.13. The van der Waals surface area contributed by atoms with Crippen molar-refractivity contribution in [3.8, 4) is 0 Å². The number of nitrogens with one attached hydrogen (secondary N) is 1. The average molecular weight is 314 g/mol. The van der Waals surface area contributed by atoms with Crippen LogP contribution in [0, 0.1) is 0 Å². The van der Waals surface area contributed by atoms with Gasteiger partial charge in [-0.25, -0.2) is 0 Å². The van der Waals surface area contributed by atoms with Crippen molar-refractivity contribution < 1.29 is 4.74 Å². The Bertz CT molecular complexity index is 330. The molecule has 0 spiro atoms. The molecule has 1 unspecified atom stereocenters. The first-order chi connectivity index (χ1) is 8.77. The van der Waals surface area contributed by atoms with Crippen LogP contribution in [0.4, 0.5) is 0 Å². The number of hydrogen-bond acceptors (Lipinski definition) is 2. The highest BCUT2D eigenvalue weighted by Gasteiger charge is 2.08. The third-order valence-electron chi connectivity index (χ3n) is 2.84. The van der Waals surface area contributed by atoms with Crippen LogP contribution in [0.15, 0.2) is 28.7 Å². The first kappa shape index (κ1) is 15.7. The molecule has 0 aromatic heterocycles. The van der Waals surface area contributed by atoms with Gasteiger partial charge in [0, 0.05) is 11.0 Å². The van der Waals surface area contributed by atoms with Crippen molar-refractivity contribution in [2.45, 2.75) is 45.8 Å². The maximum absolute atomic E-state index is 6.00. The monoisotopic (exact) mass is 313 g/mol. The van der Waals surface area contributed by atoms with E-state index in [0.717, 1.165) is 30.4 Å². The number of ether oxygens (including phenoxy) is 1. The molecule has 1 N–H and O–H groups in total. The highest BCUT2D eigenvalue weighted by atomic mass is 79.9. The van der Waals surface area contributed by atoms with E-state index in [1.54, 1.807) is 0 Å². The van der Waals surface area contributed by atoms with E-state index in [4.69, 9.17) is 4.74 Å². The molecule has 1 atom stereocenters. The lowest BCUT2D eigenvalue weighted by atomic mass is 10.2. The predicted molar refractivity (Wildman–Crippen MR) is 80.8 cm³/mol. The van der Waals surface area contributed by atoms with E-state index < -0.39 is 0 Å². The second-order valence-electron chi connectivity index (χ2n) is 4.52. The fourth-order valence-electron chi connectivity index (χ4n) is 1.83. The van der Waals surface area contributed by atoms with E-state index in [1.807, 2.05) is 12.1 Å². The SMILES string of the molecule is CCCNCC(CCC)OCc1ccccc1Br. The summed E-state index contributed by atoms with van der Waals surface area (Å²) >= 11 is 3.55. The predicted octanol–water partition coefficient (Wildman–Crippen LogP) is 4.13. The van der Waals surface area contributed by atoms with E-state index in [9.17, 15) is 0 Å². The Kier molecular flexibility index (Phi) is 8.31. The van der Waals surface area contributed by atoms with Crippen LogP contribution in [-0.4, -0.2) is 19.2 Å². The zero-order chi connectivity index (χ0) is 13.2. The lowest BCUT2D eigenvalue weighted by Gasteiger charge is -2.18. The van der Waals surface area contributed by atoms with E-state index in [2.05, 4.69) is 47.2 Å². The minimum absolute atomic E-state index is 0.314. The van der Waals surface area contributed by atoms with Gasteiger partial charge in [0.1, 0.15) is 0 Å². The van der Waals surface area contributed by atoms with Gasteiger partial charge in [0.25, 0.3) is 0 Å². The summed E-state index contributed by atoms with van der Waals surface area (Å²) in [5.74, 6) is 0. The van der Waals surface area contributed by atoms with Gasteiger partial charge >= 0.3 is 0 Å². The fourth-order valence-corrected chi connectivity index (χ4v) is 2.23. The Morgan fingerprint density at radius 2 is 2.00 bits per heavy atom. The van der Waals surface area contributed by atoms with Gasteiger partial charge in [-0.1, -0.05) is 54.4 Å². The summed E-state index contributed by atoms with van der Waals surface area (Å²) in [6.45, 7) is 7.09. The summed E-state index contributed by atoms with van der Waals surface area (Å²) in [6.07, 6.45) is 3.76. The Balaban J connectivity index is 2.39. The standard InChI is InChI=1S/C15H24BrNO/c1-3-7-14(11-17-10-4-2)18-12-13-8-5-6-9-15(13)16/h5-6,8-9,14,17H,3-4,7,10-12H2,1-2H3. The van der Waals surface area contributed by atoms with Gasteiger partial charge in [-0.05, 0) is 31.0 Å². The molecule has 2 nitrogen and oxygen atoms in total. The van der Waals surface area contributed by atoms with Gasteiger partial charge in [0.15, 0.2) is 0 Å². The Labute approximate surface area is 119 Å². The maximum Gasteiger partial charge on any atom is 0.0732 e. The molecule has 0 bridgehead atoms. The van der Waals surface area contributed by atoms with Crippen LogP contribution >= 0.6 is 15.9 Å². The Morgan fingerprint density at radius 1 is 1.22 bits per heavy atom. The second kappa shape index (κ2) is 9.54. The molecular weight excluding hydrogens is 290 g/mol. The summed E-state index contributed by atoms with van der Waals surface area (Å²) in [6, 6.07) is 8.24. The minimum Gasteiger partial charge on any atom is -0.372 e. The van der Waals surface area contributed by atoms with Crippen molar-refractivity contribution >= 4 is 15.9 Å².